The molecule has 2 nitrogen and oxygen atoms in total. The Morgan fingerprint density at radius 2 is 1.51 bits per heavy atom. The summed E-state index contributed by atoms with van der Waals surface area (Å²) in [5.74, 6) is 3.88. The van der Waals surface area contributed by atoms with Crippen molar-refractivity contribution in [2.24, 2.45) is 56.7 Å². The first-order valence-corrected chi connectivity index (χ1v) is 15.1. The largest absolute Gasteiger partial charge is 0.462 e. The van der Waals surface area contributed by atoms with E-state index in [2.05, 4.69) is 55.0 Å². The number of allylic oxidation sites excluding steroid dienone is 1. The van der Waals surface area contributed by atoms with Crippen LogP contribution in [-0.4, -0.2) is 12.1 Å². The van der Waals surface area contributed by atoms with E-state index in [0.29, 0.717) is 27.6 Å². The molecule has 198 valence electrons. The molecule has 0 aromatic rings. The standard InChI is InChI=1S/C33H54O2/c1-21(2)22(3)10-11-23(4)25-14-16-31(9)27-13-12-26-29(6,7)28(35-24(5)34)15-17-32(26)20-33(27,32)19-18-30(25,31)8/h22-23,25-28H,1,10-20H2,2-9H3. The average Bonchev–Trinajstić information content (AvgIpc) is 3.36. The third kappa shape index (κ3) is 3.35. The Balaban J connectivity index is 1.37. The number of carbonyl (C=O) groups excluding carboxylic acids is 1. The van der Waals surface area contributed by atoms with Crippen LogP contribution in [0.1, 0.15) is 126 Å². The van der Waals surface area contributed by atoms with Gasteiger partial charge in [0.1, 0.15) is 6.10 Å². The van der Waals surface area contributed by atoms with Crippen molar-refractivity contribution in [2.75, 3.05) is 0 Å². The van der Waals surface area contributed by atoms with Crippen LogP contribution >= 0.6 is 0 Å². The van der Waals surface area contributed by atoms with Gasteiger partial charge in [-0.15, -0.1) is 0 Å². The zero-order valence-electron chi connectivity index (χ0n) is 24.3. The van der Waals surface area contributed by atoms with E-state index < -0.39 is 0 Å². The predicted molar refractivity (Wildman–Crippen MR) is 145 cm³/mol. The molecular formula is C33H54O2. The molecule has 0 amide bonds. The lowest BCUT2D eigenvalue weighted by Gasteiger charge is -2.63. The van der Waals surface area contributed by atoms with Gasteiger partial charge in [-0.2, -0.15) is 0 Å². The Morgan fingerprint density at radius 1 is 0.857 bits per heavy atom. The number of fused-ring (bicyclic) bond motifs is 2. The maximum atomic E-state index is 11.9. The van der Waals surface area contributed by atoms with Crippen LogP contribution in [0.15, 0.2) is 12.2 Å². The average molecular weight is 483 g/mol. The van der Waals surface area contributed by atoms with Gasteiger partial charge in [-0.3, -0.25) is 4.79 Å². The molecular weight excluding hydrogens is 428 g/mol. The zero-order valence-corrected chi connectivity index (χ0v) is 24.3. The predicted octanol–water partition coefficient (Wildman–Crippen LogP) is 8.99. The Kier molecular flexibility index (Phi) is 5.98. The van der Waals surface area contributed by atoms with Crippen LogP contribution in [-0.2, 0) is 9.53 Å². The molecule has 0 N–H and O–H groups in total. The van der Waals surface area contributed by atoms with Gasteiger partial charge in [-0.05, 0) is 129 Å². The Hall–Kier alpha value is -0.790. The van der Waals surface area contributed by atoms with Crippen LogP contribution in [0.2, 0.25) is 0 Å². The number of esters is 1. The molecule has 5 saturated carbocycles. The maximum absolute atomic E-state index is 11.9. The minimum absolute atomic E-state index is 0.0945. The van der Waals surface area contributed by atoms with E-state index in [1.165, 1.54) is 69.8 Å². The van der Waals surface area contributed by atoms with Crippen molar-refractivity contribution in [2.45, 2.75) is 132 Å². The van der Waals surface area contributed by atoms with Crippen molar-refractivity contribution in [3.63, 3.8) is 0 Å². The molecule has 0 bridgehead atoms. The molecule has 5 aliphatic carbocycles. The fourth-order valence-electron chi connectivity index (χ4n) is 11.7. The molecule has 5 rings (SSSR count). The van der Waals surface area contributed by atoms with Crippen LogP contribution in [0.25, 0.3) is 0 Å². The summed E-state index contributed by atoms with van der Waals surface area (Å²) < 4.78 is 5.91. The van der Waals surface area contributed by atoms with Gasteiger partial charge in [0.2, 0.25) is 0 Å². The second kappa shape index (κ2) is 8.10. The van der Waals surface area contributed by atoms with Gasteiger partial charge in [-0.1, -0.05) is 53.7 Å². The molecule has 35 heavy (non-hydrogen) atoms. The van der Waals surface area contributed by atoms with E-state index >= 15 is 0 Å². The lowest BCUT2D eigenvalue weighted by molar-refractivity contribution is -0.181. The van der Waals surface area contributed by atoms with E-state index in [9.17, 15) is 4.79 Å². The van der Waals surface area contributed by atoms with Gasteiger partial charge in [0.25, 0.3) is 0 Å². The monoisotopic (exact) mass is 482 g/mol. The molecule has 0 aromatic carbocycles. The van der Waals surface area contributed by atoms with E-state index in [1.54, 1.807) is 6.92 Å². The first-order chi connectivity index (χ1) is 16.3. The molecule has 0 saturated heterocycles. The fourth-order valence-corrected chi connectivity index (χ4v) is 11.7. The van der Waals surface area contributed by atoms with Crippen molar-refractivity contribution in [1.82, 2.24) is 0 Å². The minimum Gasteiger partial charge on any atom is -0.462 e. The van der Waals surface area contributed by atoms with Crippen molar-refractivity contribution >= 4 is 5.97 Å². The summed E-state index contributed by atoms with van der Waals surface area (Å²) >= 11 is 0. The van der Waals surface area contributed by atoms with Crippen molar-refractivity contribution in [1.29, 1.82) is 0 Å². The molecule has 10 unspecified atom stereocenters. The lowest BCUT2D eigenvalue weighted by atomic mass is 9.41. The van der Waals surface area contributed by atoms with E-state index in [4.69, 9.17) is 4.74 Å². The van der Waals surface area contributed by atoms with Gasteiger partial charge in [-0.25, -0.2) is 0 Å². The number of rotatable bonds is 6. The molecule has 2 spiro atoms. The summed E-state index contributed by atoms with van der Waals surface area (Å²) in [4.78, 5) is 11.9. The molecule has 0 aromatic heterocycles. The molecule has 2 heteroatoms. The first-order valence-electron chi connectivity index (χ1n) is 15.1. The van der Waals surface area contributed by atoms with Crippen molar-refractivity contribution in [3.8, 4) is 0 Å². The van der Waals surface area contributed by atoms with Crippen molar-refractivity contribution < 1.29 is 9.53 Å². The summed E-state index contributed by atoms with van der Waals surface area (Å²) in [6.45, 7) is 23.3. The third-order valence-electron chi connectivity index (χ3n) is 14.0. The highest BCUT2D eigenvalue weighted by molar-refractivity contribution is 5.66. The van der Waals surface area contributed by atoms with Crippen LogP contribution in [0.5, 0.6) is 0 Å². The van der Waals surface area contributed by atoms with Gasteiger partial charge in [0.15, 0.2) is 0 Å². The van der Waals surface area contributed by atoms with E-state index in [1.807, 2.05) is 0 Å². The summed E-state index contributed by atoms with van der Waals surface area (Å²) in [5.41, 5.74) is 3.55. The number of ether oxygens (including phenoxy) is 1. The highest BCUT2D eigenvalue weighted by atomic mass is 16.5. The molecule has 0 aliphatic heterocycles. The molecule has 0 radical (unpaired) electrons. The number of hydrogen-bond acceptors (Lipinski definition) is 2. The van der Waals surface area contributed by atoms with E-state index in [-0.39, 0.29) is 17.5 Å². The van der Waals surface area contributed by atoms with Crippen molar-refractivity contribution in [3.05, 3.63) is 12.2 Å². The quantitative estimate of drug-likeness (QED) is 0.279. The first kappa shape index (κ1) is 25.8. The molecule has 10 atom stereocenters. The maximum Gasteiger partial charge on any atom is 0.302 e. The highest BCUT2D eigenvalue weighted by Gasteiger charge is 2.82. The topological polar surface area (TPSA) is 26.3 Å². The van der Waals surface area contributed by atoms with Gasteiger partial charge in [0, 0.05) is 12.3 Å². The summed E-state index contributed by atoms with van der Waals surface area (Å²) in [6, 6.07) is 0. The molecule has 0 heterocycles. The summed E-state index contributed by atoms with van der Waals surface area (Å²) in [7, 11) is 0. The Morgan fingerprint density at radius 3 is 2.17 bits per heavy atom. The number of carbonyl (C=O) groups is 1. The minimum atomic E-state index is -0.0945. The lowest BCUT2D eigenvalue weighted by Crippen LogP contribution is -2.58. The second-order valence-electron chi connectivity index (χ2n) is 15.4. The van der Waals surface area contributed by atoms with E-state index in [0.717, 1.165) is 30.1 Å². The number of hydrogen-bond donors (Lipinski definition) is 0. The Labute approximate surface area is 216 Å². The SMILES string of the molecule is C=C(C)C(C)CCC(C)C1CCC2(C)C3CCC4C(C)(C)C(OC(C)=O)CCC45CC35CCC12C. The van der Waals surface area contributed by atoms with Crippen LogP contribution < -0.4 is 0 Å². The van der Waals surface area contributed by atoms with Gasteiger partial charge >= 0.3 is 5.97 Å². The summed E-state index contributed by atoms with van der Waals surface area (Å²) in [5, 5.41) is 0. The molecule has 5 fully saturated rings. The van der Waals surface area contributed by atoms with Gasteiger partial charge in [0.05, 0.1) is 0 Å². The fraction of sp³-hybridized carbons (Fsp3) is 0.909. The smallest absolute Gasteiger partial charge is 0.302 e. The third-order valence-corrected chi connectivity index (χ3v) is 14.0. The van der Waals surface area contributed by atoms with Crippen LogP contribution in [0.3, 0.4) is 0 Å². The normalized spacial score (nSPS) is 49.0. The summed E-state index contributed by atoms with van der Waals surface area (Å²) in [6.07, 6.45) is 15.1. The highest BCUT2D eigenvalue weighted by Crippen LogP contribution is 2.89. The zero-order chi connectivity index (χ0) is 25.6. The van der Waals surface area contributed by atoms with Gasteiger partial charge < -0.3 is 4.74 Å². The second-order valence-corrected chi connectivity index (χ2v) is 15.4. The molecule has 5 aliphatic rings. The van der Waals surface area contributed by atoms with Crippen LogP contribution in [0.4, 0.5) is 0 Å². The van der Waals surface area contributed by atoms with Crippen LogP contribution in [0, 0.1) is 56.7 Å². The Bertz CT molecular complexity index is 888.